The van der Waals surface area contributed by atoms with Crippen LogP contribution in [-0.2, 0) is 16.4 Å². The van der Waals surface area contributed by atoms with E-state index in [0.29, 0.717) is 15.9 Å². The van der Waals surface area contributed by atoms with E-state index in [1.54, 1.807) is 24.5 Å². The van der Waals surface area contributed by atoms with E-state index in [1.165, 1.54) is 21.3 Å². The molecule has 0 N–H and O–H groups in total. The van der Waals surface area contributed by atoms with Crippen molar-refractivity contribution in [2.24, 2.45) is 0 Å². The summed E-state index contributed by atoms with van der Waals surface area (Å²) in [7, 11) is -1.92. The Morgan fingerprint density at radius 1 is 1.38 bits per heavy atom. The van der Waals surface area contributed by atoms with Crippen LogP contribution in [0, 0.1) is 0 Å². The first-order valence-electron chi connectivity index (χ1n) is 6.28. The van der Waals surface area contributed by atoms with Crippen LogP contribution in [0.1, 0.15) is 11.8 Å². The quantitative estimate of drug-likeness (QED) is 0.734. The van der Waals surface area contributed by atoms with Crippen LogP contribution in [0.2, 0.25) is 5.02 Å². The molecule has 7 heteroatoms. The zero-order valence-electron chi connectivity index (χ0n) is 11.6. The van der Waals surface area contributed by atoms with Crippen molar-refractivity contribution in [2.75, 3.05) is 7.05 Å². The molecular formula is C14H15BrClNO2S2. The minimum absolute atomic E-state index is 0.122. The van der Waals surface area contributed by atoms with Gasteiger partial charge in [-0.05, 0) is 58.9 Å². The summed E-state index contributed by atoms with van der Waals surface area (Å²) in [6, 6.07) is 8.50. The van der Waals surface area contributed by atoms with Crippen molar-refractivity contribution in [3.63, 3.8) is 0 Å². The number of likely N-dealkylation sites (N-methyl/N-ethyl adjacent to an activating group) is 1. The summed E-state index contributed by atoms with van der Waals surface area (Å²) in [5.74, 6) is 0. The summed E-state index contributed by atoms with van der Waals surface area (Å²) in [6.07, 6.45) is 0.697. The zero-order valence-corrected chi connectivity index (χ0v) is 15.6. The Bertz CT molecular complexity index is 717. The van der Waals surface area contributed by atoms with Gasteiger partial charge in [0.2, 0.25) is 10.0 Å². The molecule has 3 nitrogen and oxygen atoms in total. The number of hydrogen-bond acceptors (Lipinski definition) is 3. The van der Waals surface area contributed by atoms with Gasteiger partial charge in [-0.2, -0.15) is 4.31 Å². The Hall–Kier alpha value is -0.400. The summed E-state index contributed by atoms with van der Waals surface area (Å²) in [4.78, 5) is 1.40. The normalized spacial score (nSPS) is 13.6. The van der Waals surface area contributed by atoms with Crippen LogP contribution in [0.25, 0.3) is 0 Å². The predicted molar refractivity (Wildman–Crippen MR) is 91.6 cm³/mol. The van der Waals surface area contributed by atoms with E-state index in [9.17, 15) is 8.42 Å². The van der Waals surface area contributed by atoms with Gasteiger partial charge in [-0.3, -0.25) is 0 Å². The molecule has 0 aliphatic rings. The maximum absolute atomic E-state index is 12.6. The molecule has 0 spiro atoms. The SMILES string of the molecule is CC(Cc1cccs1)N(C)S(=O)(=O)c1ccc(Cl)c(Br)c1. The van der Waals surface area contributed by atoms with Crippen molar-refractivity contribution in [3.8, 4) is 0 Å². The van der Waals surface area contributed by atoms with Gasteiger partial charge in [-0.1, -0.05) is 17.7 Å². The highest BCUT2D eigenvalue weighted by Gasteiger charge is 2.26. The van der Waals surface area contributed by atoms with E-state index in [2.05, 4.69) is 15.9 Å². The second kappa shape index (κ2) is 6.79. The first-order chi connectivity index (χ1) is 9.82. The number of halogens is 2. The minimum Gasteiger partial charge on any atom is -0.207 e. The molecule has 1 unspecified atom stereocenters. The minimum atomic E-state index is -3.53. The van der Waals surface area contributed by atoms with E-state index in [-0.39, 0.29) is 10.9 Å². The number of nitrogens with zero attached hydrogens (tertiary/aromatic N) is 1. The summed E-state index contributed by atoms with van der Waals surface area (Å²) < 4.78 is 27.2. The molecule has 0 aliphatic carbocycles. The lowest BCUT2D eigenvalue weighted by Gasteiger charge is -2.24. The van der Waals surface area contributed by atoms with Gasteiger partial charge < -0.3 is 0 Å². The third-order valence-electron chi connectivity index (χ3n) is 3.27. The van der Waals surface area contributed by atoms with Gasteiger partial charge >= 0.3 is 0 Å². The molecule has 0 saturated carbocycles. The average Bonchev–Trinajstić information content (AvgIpc) is 2.93. The Labute approximate surface area is 142 Å². The van der Waals surface area contributed by atoms with E-state index >= 15 is 0 Å². The summed E-state index contributed by atoms with van der Waals surface area (Å²) in [6.45, 7) is 1.90. The van der Waals surface area contributed by atoms with Crippen LogP contribution in [0.4, 0.5) is 0 Å². The maximum atomic E-state index is 12.6. The summed E-state index contributed by atoms with van der Waals surface area (Å²) in [5, 5.41) is 2.48. The average molecular weight is 409 g/mol. The van der Waals surface area contributed by atoms with Gasteiger partial charge in [0.05, 0.1) is 9.92 Å². The molecule has 0 bridgehead atoms. The van der Waals surface area contributed by atoms with E-state index < -0.39 is 10.0 Å². The van der Waals surface area contributed by atoms with Crippen molar-refractivity contribution >= 4 is 48.9 Å². The van der Waals surface area contributed by atoms with Crippen LogP contribution in [-0.4, -0.2) is 25.8 Å². The number of benzene rings is 1. The summed E-state index contributed by atoms with van der Waals surface area (Å²) in [5.41, 5.74) is 0. The molecule has 0 amide bonds. The Morgan fingerprint density at radius 2 is 2.10 bits per heavy atom. The maximum Gasteiger partial charge on any atom is 0.243 e. The smallest absolute Gasteiger partial charge is 0.207 e. The second-order valence-corrected chi connectivity index (χ2v) is 9.02. The largest absolute Gasteiger partial charge is 0.243 e. The van der Waals surface area contributed by atoms with Crippen molar-refractivity contribution in [1.82, 2.24) is 4.31 Å². The Kier molecular flexibility index (Phi) is 5.48. The fourth-order valence-electron chi connectivity index (χ4n) is 1.89. The van der Waals surface area contributed by atoms with Gasteiger partial charge in [0, 0.05) is 22.4 Å². The third kappa shape index (κ3) is 3.87. The molecule has 1 aromatic carbocycles. The van der Waals surface area contributed by atoms with Crippen LogP contribution in [0.3, 0.4) is 0 Å². The van der Waals surface area contributed by atoms with Crippen molar-refractivity contribution in [2.45, 2.75) is 24.3 Å². The standard InChI is InChI=1S/C14H15BrClNO2S2/c1-10(8-11-4-3-7-20-11)17(2)21(18,19)12-5-6-14(16)13(15)9-12/h3-7,9-10H,8H2,1-2H3. The van der Waals surface area contributed by atoms with E-state index in [4.69, 9.17) is 11.6 Å². The van der Waals surface area contributed by atoms with Crippen molar-refractivity contribution in [3.05, 3.63) is 50.1 Å². The van der Waals surface area contributed by atoms with Crippen molar-refractivity contribution in [1.29, 1.82) is 0 Å². The van der Waals surface area contributed by atoms with Gasteiger partial charge in [0.15, 0.2) is 0 Å². The van der Waals surface area contributed by atoms with Crippen LogP contribution in [0.15, 0.2) is 45.1 Å². The van der Waals surface area contributed by atoms with Crippen LogP contribution in [0.5, 0.6) is 0 Å². The van der Waals surface area contributed by atoms with Gasteiger partial charge in [-0.25, -0.2) is 8.42 Å². The lowest BCUT2D eigenvalue weighted by molar-refractivity contribution is 0.388. The Morgan fingerprint density at radius 3 is 2.67 bits per heavy atom. The van der Waals surface area contributed by atoms with E-state index in [0.717, 1.165) is 0 Å². The highest BCUT2D eigenvalue weighted by atomic mass is 79.9. The highest BCUT2D eigenvalue weighted by molar-refractivity contribution is 9.10. The van der Waals surface area contributed by atoms with Gasteiger partial charge in [-0.15, -0.1) is 11.3 Å². The first kappa shape index (κ1) is 17.0. The topological polar surface area (TPSA) is 37.4 Å². The first-order valence-corrected chi connectivity index (χ1v) is 9.77. The van der Waals surface area contributed by atoms with Gasteiger partial charge in [0.1, 0.15) is 0 Å². The number of hydrogen-bond donors (Lipinski definition) is 0. The Balaban J connectivity index is 2.23. The lowest BCUT2D eigenvalue weighted by atomic mass is 10.2. The van der Waals surface area contributed by atoms with Gasteiger partial charge in [0.25, 0.3) is 0 Å². The monoisotopic (exact) mass is 407 g/mol. The molecule has 0 radical (unpaired) electrons. The number of rotatable bonds is 5. The molecule has 2 aromatic rings. The number of thiophene rings is 1. The zero-order chi connectivity index (χ0) is 15.6. The molecular weight excluding hydrogens is 394 g/mol. The molecule has 2 rings (SSSR count). The fourth-order valence-corrected chi connectivity index (χ4v) is 4.75. The van der Waals surface area contributed by atoms with Crippen molar-refractivity contribution < 1.29 is 8.42 Å². The lowest BCUT2D eigenvalue weighted by Crippen LogP contribution is -2.36. The third-order valence-corrected chi connectivity index (χ3v) is 7.35. The summed E-state index contributed by atoms with van der Waals surface area (Å²) >= 11 is 10.8. The predicted octanol–water partition coefficient (Wildman–Crippen LogP) is 4.42. The fraction of sp³-hybridized carbons (Fsp3) is 0.286. The molecule has 1 heterocycles. The molecule has 21 heavy (non-hydrogen) atoms. The molecule has 1 aromatic heterocycles. The molecule has 0 saturated heterocycles. The molecule has 114 valence electrons. The van der Waals surface area contributed by atoms with E-state index in [1.807, 2.05) is 24.4 Å². The number of sulfonamides is 1. The van der Waals surface area contributed by atoms with Crippen LogP contribution < -0.4 is 0 Å². The molecule has 1 atom stereocenters. The molecule has 0 fully saturated rings. The second-order valence-electron chi connectivity index (χ2n) is 4.73. The van der Waals surface area contributed by atoms with Crippen LogP contribution >= 0.6 is 38.9 Å². The highest BCUT2D eigenvalue weighted by Crippen LogP contribution is 2.27. The molecule has 0 aliphatic heterocycles.